The fourth-order valence-corrected chi connectivity index (χ4v) is 3.64. The summed E-state index contributed by atoms with van der Waals surface area (Å²) in [5.41, 5.74) is 2.24. The second-order valence-electron chi connectivity index (χ2n) is 6.37. The molecule has 1 aliphatic heterocycles. The molecule has 3 amide bonds. The third kappa shape index (κ3) is 4.57. The minimum atomic E-state index is -0.270. The van der Waals surface area contributed by atoms with E-state index in [4.69, 9.17) is 0 Å². The van der Waals surface area contributed by atoms with E-state index < -0.39 is 0 Å². The number of anilines is 1. The van der Waals surface area contributed by atoms with Crippen LogP contribution in [0.3, 0.4) is 0 Å². The Labute approximate surface area is 156 Å². The Balaban J connectivity index is 1.52. The molecule has 2 aromatic rings. The van der Waals surface area contributed by atoms with E-state index >= 15 is 0 Å². The van der Waals surface area contributed by atoms with Gasteiger partial charge in [-0.05, 0) is 50.5 Å². The molecular weight excluding hydrogens is 350 g/mol. The lowest BCUT2D eigenvalue weighted by molar-refractivity contribution is 0.0792. The van der Waals surface area contributed by atoms with E-state index in [1.165, 1.54) is 11.3 Å². The number of aromatic nitrogens is 2. The predicted molar refractivity (Wildman–Crippen MR) is 102 cm³/mol. The highest BCUT2D eigenvalue weighted by molar-refractivity contribution is 7.11. The van der Waals surface area contributed by atoms with Gasteiger partial charge in [0.2, 0.25) is 0 Å². The van der Waals surface area contributed by atoms with Gasteiger partial charge in [0.25, 0.3) is 5.91 Å². The summed E-state index contributed by atoms with van der Waals surface area (Å²) in [5, 5.41) is 15.5. The summed E-state index contributed by atoms with van der Waals surface area (Å²) in [5.74, 6) is 0.0638. The maximum atomic E-state index is 12.4. The van der Waals surface area contributed by atoms with E-state index in [2.05, 4.69) is 20.8 Å². The highest BCUT2D eigenvalue weighted by Gasteiger charge is 2.20. The molecule has 1 aromatic heterocycles. The molecule has 26 heavy (non-hydrogen) atoms. The summed E-state index contributed by atoms with van der Waals surface area (Å²) in [6.45, 7) is 5.94. The number of aryl methyl sites for hydroxylation is 2. The fraction of sp³-hybridized carbons (Fsp3) is 0.444. The smallest absolute Gasteiger partial charge is 0.319 e. The number of likely N-dealkylation sites (tertiary alicyclic amines) is 1. The number of carbonyl (C=O) groups is 2. The molecule has 0 saturated carbocycles. The normalized spacial score (nSPS) is 13.7. The first-order valence-electron chi connectivity index (χ1n) is 8.76. The maximum Gasteiger partial charge on any atom is 0.319 e. The standard InChI is InChI=1S/C18H23N5O2S/c1-12-11-14(17(24)23-9-3-4-10-23)5-6-15(12)20-18(25)19-8-7-16-22-21-13(2)26-16/h5-6,11H,3-4,7-10H2,1-2H3,(H2,19,20,25). The average Bonchev–Trinajstić information content (AvgIpc) is 3.28. The number of benzene rings is 1. The molecule has 138 valence electrons. The van der Waals surface area contributed by atoms with Crippen LogP contribution in [0.2, 0.25) is 0 Å². The molecule has 1 fully saturated rings. The quantitative estimate of drug-likeness (QED) is 0.844. The molecule has 2 N–H and O–H groups in total. The lowest BCUT2D eigenvalue weighted by Crippen LogP contribution is -2.31. The van der Waals surface area contributed by atoms with Crippen molar-refractivity contribution in [2.75, 3.05) is 25.0 Å². The van der Waals surface area contributed by atoms with Crippen LogP contribution in [0.5, 0.6) is 0 Å². The van der Waals surface area contributed by atoms with E-state index in [0.29, 0.717) is 24.2 Å². The van der Waals surface area contributed by atoms with Gasteiger partial charge in [-0.3, -0.25) is 4.79 Å². The number of hydrogen-bond donors (Lipinski definition) is 2. The van der Waals surface area contributed by atoms with E-state index in [-0.39, 0.29) is 11.9 Å². The molecule has 2 heterocycles. The molecule has 3 rings (SSSR count). The second kappa shape index (κ2) is 8.27. The maximum absolute atomic E-state index is 12.4. The van der Waals surface area contributed by atoms with Crippen molar-refractivity contribution >= 4 is 29.0 Å². The van der Waals surface area contributed by atoms with Crippen molar-refractivity contribution in [1.29, 1.82) is 0 Å². The van der Waals surface area contributed by atoms with Crippen LogP contribution in [0, 0.1) is 13.8 Å². The van der Waals surface area contributed by atoms with E-state index in [1.807, 2.05) is 24.8 Å². The molecule has 1 aliphatic rings. The van der Waals surface area contributed by atoms with Gasteiger partial charge in [-0.1, -0.05) is 0 Å². The minimum absolute atomic E-state index is 0.0638. The third-order valence-electron chi connectivity index (χ3n) is 4.31. The van der Waals surface area contributed by atoms with Crippen LogP contribution in [0.4, 0.5) is 10.5 Å². The minimum Gasteiger partial charge on any atom is -0.339 e. The van der Waals surface area contributed by atoms with Crippen LogP contribution < -0.4 is 10.6 Å². The van der Waals surface area contributed by atoms with Gasteiger partial charge in [0, 0.05) is 37.3 Å². The first kappa shape index (κ1) is 18.3. The highest BCUT2D eigenvalue weighted by Crippen LogP contribution is 2.19. The molecule has 1 aromatic carbocycles. The van der Waals surface area contributed by atoms with E-state index in [0.717, 1.165) is 41.5 Å². The summed E-state index contributed by atoms with van der Waals surface area (Å²) in [6.07, 6.45) is 2.80. The Bertz CT molecular complexity index is 799. The van der Waals surface area contributed by atoms with Crippen LogP contribution in [0.15, 0.2) is 18.2 Å². The topological polar surface area (TPSA) is 87.2 Å². The SMILES string of the molecule is Cc1nnc(CCNC(=O)Nc2ccc(C(=O)N3CCCC3)cc2C)s1. The second-order valence-corrected chi connectivity index (χ2v) is 7.64. The van der Waals surface area contributed by atoms with Crippen molar-refractivity contribution in [3.63, 3.8) is 0 Å². The number of urea groups is 1. The summed E-state index contributed by atoms with van der Waals surface area (Å²) in [7, 11) is 0. The zero-order valence-corrected chi connectivity index (χ0v) is 15.9. The monoisotopic (exact) mass is 373 g/mol. The van der Waals surface area contributed by atoms with Crippen LogP contribution in [-0.2, 0) is 6.42 Å². The molecule has 0 unspecified atom stereocenters. The zero-order chi connectivity index (χ0) is 18.5. The Morgan fingerprint density at radius 1 is 1.19 bits per heavy atom. The van der Waals surface area contributed by atoms with Gasteiger partial charge in [-0.2, -0.15) is 0 Å². The van der Waals surface area contributed by atoms with Crippen molar-refractivity contribution in [2.24, 2.45) is 0 Å². The lowest BCUT2D eigenvalue weighted by Gasteiger charge is -2.16. The van der Waals surface area contributed by atoms with Crippen molar-refractivity contribution in [2.45, 2.75) is 33.1 Å². The number of nitrogens with zero attached hydrogens (tertiary/aromatic N) is 3. The summed E-state index contributed by atoms with van der Waals surface area (Å²) in [6, 6.07) is 5.12. The van der Waals surface area contributed by atoms with Gasteiger partial charge in [0.1, 0.15) is 10.0 Å². The molecule has 7 nitrogen and oxygen atoms in total. The number of nitrogens with one attached hydrogen (secondary N) is 2. The largest absolute Gasteiger partial charge is 0.339 e. The zero-order valence-electron chi connectivity index (χ0n) is 15.0. The third-order valence-corrected chi connectivity index (χ3v) is 5.21. The van der Waals surface area contributed by atoms with E-state index in [9.17, 15) is 9.59 Å². The van der Waals surface area contributed by atoms with Crippen LogP contribution >= 0.6 is 11.3 Å². The predicted octanol–water partition coefficient (Wildman–Crippen LogP) is 2.76. The summed E-state index contributed by atoms with van der Waals surface area (Å²) < 4.78 is 0. The van der Waals surface area contributed by atoms with Crippen LogP contribution in [0.25, 0.3) is 0 Å². The van der Waals surface area contributed by atoms with Crippen LogP contribution in [0.1, 0.15) is 38.8 Å². The van der Waals surface area contributed by atoms with Crippen molar-refractivity contribution in [3.05, 3.63) is 39.3 Å². The van der Waals surface area contributed by atoms with Gasteiger partial charge in [0.05, 0.1) is 0 Å². The lowest BCUT2D eigenvalue weighted by atomic mass is 10.1. The van der Waals surface area contributed by atoms with E-state index in [1.54, 1.807) is 12.1 Å². The highest BCUT2D eigenvalue weighted by atomic mass is 32.1. The molecule has 0 spiro atoms. The van der Waals surface area contributed by atoms with Gasteiger partial charge in [0.15, 0.2) is 0 Å². The number of amides is 3. The van der Waals surface area contributed by atoms with Gasteiger partial charge < -0.3 is 15.5 Å². The number of hydrogen-bond acceptors (Lipinski definition) is 5. The van der Waals surface area contributed by atoms with Gasteiger partial charge in [-0.15, -0.1) is 21.5 Å². The van der Waals surface area contributed by atoms with Crippen molar-refractivity contribution < 1.29 is 9.59 Å². The van der Waals surface area contributed by atoms with Gasteiger partial charge >= 0.3 is 6.03 Å². The Hall–Kier alpha value is -2.48. The van der Waals surface area contributed by atoms with Crippen molar-refractivity contribution in [3.8, 4) is 0 Å². The molecule has 0 atom stereocenters. The molecule has 0 radical (unpaired) electrons. The Morgan fingerprint density at radius 2 is 1.96 bits per heavy atom. The molecule has 8 heteroatoms. The van der Waals surface area contributed by atoms with Crippen molar-refractivity contribution in [1.82, 2.24) is 20.4 Å². The number of carbonyl (C=O) groups excluding carboxylic acids is 2. The fourth-order valence-electron chi connectivity index (χ4n) is 2.93. The first-order valence-corrected chi connectivity index (χ1v) is 9.58. The van der Waals surface area contributed by atoms with Gasteiger partial charge in [-0.25, -0.2) is 4.79 Å². The molecule has 0 aliphatic carbocycles. The summed E-state index contributed by atoms with van der Waals surface area (Å²) in [4.78, 5) is 26.4. The van der Waals surface area contributed by atoms with Crippen LogP contribution in [-0.4, -0.2) is 46.7 Å². The molecule has 1 saturated heterocycles. The number of rotatable bonds is 5. The first-order chi connectivity index (χ1) is 12.5. The summed E-state index contributed by atoms with van der Waals surface area (Å²) >= 11 is 1.53. The average molecular weight is 373 g/mol. The molecular formula is C18H23N5O2S. The molecule has 0 bridgehead atoms. The Morgan fingerprint density at radius 3 is 2.62 bits per heavy atom. The Kier molecular flexibility index (Phi) is 5.82.